The second-order valence-corrected chi connectivity index (χ2v) is 8.38. The molecule has 1 N–H and O–H groups in total. The SMILES string of the molecule is C=CCN(C(=O)c1ccc(NC(=O)c2cccs2)cc1)c1nc(-c2ccccc2)cs1. The second kappa shape index (κ2) is 9.51. The summed E-state index contributed by atoms with van der Waals surface area (Å²) in [4.78, 5) is 32.2. The van der Waals surface area contributed by atoms with Crippen LogP contribution < -0.4 is 10.2 Å². The van der Waals surface area contributed by atoms with Crippen LogP contribution in [0.5, 0.6) is 0 Å². The van der Waals surface area contributed by atoms with E-state index in [9.17, 15) is 9.59 Å². The third kappa shape index (κ3) is 4.79. The number of carbonyl (C=O) groups is 2. The molecule has 4 aromatic rings. The Hall–Kier alpha value is -3.55. The largest absolute Gasteiger partial charge is 0.321 e. The van der Waals surface area contributed by atoms with Gasteiger partial charge in [-0.1, -0.05) is 42.5 Å². The summed E-state index contributed by atoms with van der Waals surface area (Å²) in [5.41, 5.74) is 2.97. The number of aromatic nitrogens is 1. The van der Waals surface area contributed by atoms with Gasteiger partial charge in [0.25, 0.3) is 11.8 Å². The molecule has 2 aromatic carbocycles. The number of anilines is 2. The number of thiophene rings is 1. The van der Waals surface area contributed by atoms with Crippen molar-refractivity contribution >= 4 is 45.3 Å². The van der Waals surface area contributed by atoms with Crippen LogP contribution in [0.2, 0.25) is 0 Å². The molecule has 5 nitrogen and oxygen atoms in total. The lowest BCUT2D eigenvalue weighted by Crippen LogP contribution is -2.31. The van der Waals surface area contributed by atoms with Crippen molar-refractivity contribution in [3.8, 4) is 11.3 Å². The molecule has 7 heteroatoms. The monoisotopic (exact) mass is 445 g/mol. The van der Waals surface area contributed by atoms with E-state index >= 15 is 0 Å². The maximum atomic E-state index is 13.2. The highest BCUT2D eigenvalue weighted by atomic mass is 32.1. The normalized spacial score (nSPS) is 10.5. The summed E-state index contributed by atoms with van der Waals surface area (Å²) in [6, 6.07) is 20.3. The molecule has 0 radical (unpaired) electrons. The zero-order valence-corrected chi connectivity index (χ0v) is 18.2. The molecule has 0 spiro atoms. The fraction of sp³-hybridized carbons (Fsp3) is 0.0417. The number of amides is 2. The van der Waals surface area contributed by atoms with Crippen LogP contribution in [0.4, 0.5) is 10.8 Å². The maximum absolute atomic E-state index is 13.2. The highest BCUT2D eigenvalue weighted by molar-refractivity contribution is 7.14. The van der Waals surface area contributed by atoms with Crippen LogP contribution in [0, 0.1) is 0 Å². The Labute approximate surface area is 188 Å². The van der Waals surface area contributed by atoms with E-state index in [2.05, 4.69) is 16.9 Å². The second-order valence-electron chi connectivity index (χ2n) is 6.59. The highest BCUT2D eigenvalue weighted by Crippen LogP contribution is 2.28. The van der Waals surface area contributed by atoms with Crippen molar-refractivity contribution in [2.24, 2.45) is 0 Å². The Balaban J connectivity index is 1.51. The Morgan fingerprint density at radius 2 is 1.77 bits per heavy atom. The first-order chi connectivity index (χ1) is 15.2. The van der Waals surface area contributed by atoms with Crippen LogP contribution in [0.3, 0.4) is 0 Å². The molecular formula is C24H19N3O2S2. The summed E-state index contributed by atoms with van der Waals surface area (Å²) in [5, 5.41) is 7.24. The number of nitrogens with zero attached hydrogens (tertiary/aromatic N) is 2. The van der Waals surface area contributed by atoms with Gasteiger partial charge in [-0.25, -0.2) is 4.98 Å². The third-order valence-corrected chi connectivity index (χ3v) is 6.22. The lowest BCUT2D eigenvalue weighted by atomic mass is 10.1. The molecule has 0 saturated heterocycles. The number of nitrogens with one attached hydrogen (secondary N) is 1. The van der Waals surface area contributed by atoms with Crippen LogP contribution in [0.1, 0.15) is 20.0 Å². The third-order valence-electron chi connectivity index (χ3n) is 4.48. The van der Waals surface area contributed by atoms with Crippen LogP contribution in [-0.4, -0.2) is 23.3 Å². The van der Waals surface area contributed by atoms with E-state index in [-0.39, 0.29) is 11.8 Å². The molecule has 0 atom stereocenters. The smallest absolute Gasteiger partial charge is 0.265 e. The molecule has 0 fully saturated rings. The van der Waals surface area contributed by atoms with Crippen LogP contribution in [-0.2, 0) is 0 Å². The zero-order valence-electron chi connectivity index (χ0n) is 16.5. The molecule has 0 aliphatic rings. The Morgan fingerprint density at radius 3 is 2.45 bits per heavy atom. The summed E-state index contributed by atoms with van der Waals surface area (Å²) in [5.74, 6) is -0.344. The Bertz CT molecular complexity index is 1180. The van der Waals surface area contributed by atoms with Crippen molar-refractivity contribution < 1.29 is 9.59 Å². The summed E-state index contributed by atoms with van der Waals surface area (Å²) in [6.07, 6.45) is 1.68. The Kier molecular flexibility index (Phi) is 6.35. The predicted molar refractivity (Wildman–Crippen MR) is 128 cm³/mol. The summed E-state index contributed by atoms with van der Waals surface area (Å²) in [7, 11) is 0. The number of rotatable bonds is 7. The number of hydrogen-bond acceptors (Lipinski definition) is 5. The maximum Gasteiger partial charge on any atom is 0.265 e. The van der Waals surface area contributed by atoms with E-state index in [0.29, 0.717) is 27.8 Å². The van der Waals surface area contributed by atoms with Gasteiger partial charge in [-0.2, -0.15) is 0 Å². The molecule has 2 aromatic heterocycles. The molecular weight excluding hydrogens is 426 g/mol. The van der Waals surface area contributed by atoms with Gasteiger partial charge >= 0.3 is 0 Å². The standard InChI is InChI=1S/C24H19N3O2S2/c1-2-14-27(24-26-20(16-31-24)17-7-4-3-5-8-17)23(29)18-10-12-19(13-11-18)25-22(28)21-9-6-15-30-21/h2-13,15-16H,1,14H2,(H,25,28). The molecule has 0 aliphatic carbocycles. The number of carbonyl (C=O) groups excluding carboxylic acids is 2. The van der Waals surface area contributed by atoms with Crippen molar-refractivity contribution in [3.63, 3.8) is 0 Å². The van der Waals surface area contributed by atoms with Crippen molar-refractivity contribution in [1.82, 2.24) is 4.98 Å². The zero-order chi connectivity index (χ0) is 21.6. The summed E-state index contributed by atoms with van der Waals surface area (Å²) >= 11 is 2.79. The average molecular weight is 446 g/mol. The molecule has 0 bridgehead atoms. The van der Waals surface area contributed by atoms with Gasteiger partial charge in [0.2, 0.25) is 0 Å². The van der Waals surface area contributed by atoms with Crippen molar-refractivity contribution in [3.05, 3.63) is 101 Å². The number of benzene rings is 2. The van der Waals surface area contributed by atoms with Crippen molar-refractivity contribution in [2.45, 2.75) is 0 Å². The minimum Gasteiger partial charge on any atom is -0.321 e. The van der Waals surface area contributed by atoms with Crippen molar-refractivity contribution in [1.29, 1.82) is 0 Å². The Morgan fingerprint density at radius 1 is 1.00 bits per heavy atom. The van der Waals surface area contributed by atoms with Crippen molar-refractivity contribution in [2.75, 3.05) is 16.8 Å². The van der Waals surface area contributed by atoms with Gasteiger partial charge in [-0.05, 0) is 35.7 Å². The molecule has 31 heavy (non-hydrogen) atoms. The van der Waals surface area contributed by atoms with Gasteiger partial charge in [0.15, 0.2) is 5.13 Å². The number of thiazole rings is 1. The molecule has 2 heterocycles. The highest BCUT2D eigenvalue weighted by Gasteiger charge is 2.20. The molecule has 0 saturated carbocycles. The summed E-state index contributed by atoms with van der Waals surface area (Å²) in [6.45, 7) is 4.12. The number of hydrogen-bond donors (Lipinski definition) is 1. The predicted octanol–water partition coefficient (Wildman–Crippen LogP) is 5.96. The quantitative estimate of drug-likeness (QED) is 0.357. The van der Waals surface area contributed by atoms with Gasteiger partial charge in [0.1, 0.15) is 0 Å². The van der Waals surface area contributed by atoms with Gasteiger partial charge in [-0.15, -0.1) is 29.3 Å². The van der Waals surface area contributed by atoms with E-state index < -0.39 is 0 Å². The van der Waals surface area contributed by atoms with Crippen LogP contribution in [0.15, 0.2) is 90.1 Å². The van der Waals surface area contributed by atoms with Gasteiger partial charge < -0.3 is 5.32 Å². The molecule has 4 rings (SSSR count). The fourth-order valence-electron chi connectivity index (χ4n) is 2.96. The lowest BCUT2D eigenvalue weighted by molar-refractivity contribution is 0.0988. The first-order valence-electron chi connectivity index (χ1n) is 9.54. The van der Waals surface area contributed by atoms with E-state index in [4.69, 9.17) is 0 Å². The topological polar surface area (TPSA) is 62.3 Å². The van der Waals surface area contributed by atoms with E-state index in [0.717, 1.165) is 11.3 Å². The van der Waals surface area contributed by atoms with E-state index in [1.165, 1.54) is 22.7 Å². The lowest BCUT2D eigenvalue weighted by Gasteiger charge is -2.18. The minimum absolute atomic E-state index is 0.168. The van der Waals surface area contributed by atoms with E-state index in [1.54, 1.807) is 41.3 Å². The van der Waals surface area contributed by atoms with Gasteiger partial charge in [0, 0.05) is 28.7 Å². The van der Waals surface area contributed by atoms with Gasteiger partial charge in [-0.3, -0.25) is 14.5 Å². The first-order valence-corrected chi connectivity index (χ1v) is 11.3. The molecule has 0 unspecified atom stereocenters. The minimum atomic E-state index is -0.176. The van der Waals surface area contributed by atoms with Crippen LogP contribution >= 0.6 is 22.7 Å². The van der Waals surface area contributed by atoms with E-state index in [1.807, 2.05) is 47.2 Å². The molecule has 154 valence electrons. The van der Waals surface area contributed by atoms with Crippen LogP contribution in [0.25, 0.3) is 11.3 Å². The fourth-order valence-corrected chi connectivity index (χ4v) is 4.42. The first kappa shape index (κ1) is 20.7. The average Bonchev–Trinajstić information content (AvgIpc) is 3.51. The molecule has 0 aliphatic heterocycles. The van der Waals surface area contributed by atoms with Gasteiger partial charge in [0.05, 0.1) is 10.6 Å². The molecule has 2 amide bonds. The summed E-state index contributed by atoms with van der Waals surface area (Å²) < 4.78 is 0.